The number of ether oxygens (including phenoxy) is 1. The molecule has 0 aliphatic carbocycles. The van der Waals surface area contributed by atoms with Crippen LogP contribution in [0.5, 0.6) is 5.75 Å². The third-order valence-electron chi connectivity index (χ3n) is 2.49. The molecule has 0 aliphatic rings. The van der Waals surface area contributed by atoms with Gasteiger partial charge in [0.25, 0.3) is 0 Å². The molecule has 19 heavy (non-hydrogen) atoms. The van der Waals surface area contributed by atoms with Gasteiger partial charge in [-0.05, 0) is 35.9 Å². The Morgan fingerprint density at radius 2 is 2.05 bits per heavy atom. The maximum Gasteiger partial charge on any atom is 0.199 e. The van der Waals surface area contributed by atoms with E-state index in [0.717, 1.165) is 5.56 Å². The molecule has 0 unspecified atom stereocenters. The first-order valence-corrected chi connectivity index (χ1v) is 7.14. The van der Waals surface area contributed by atoms with Gasteiger partial charge in [0.1, 0.15) is 5.75 Å². The number of rotatable bonds is 4. The largest absolute Gasteiger partial charge is 0.497 e. The number of hydrogen-bond donors (Lipinski definition) is 0. The van der Waals surface area contributed by atoms with Gasteiger partial charge in [-0.3, -0.25) is 4.98 Å². The van der Waals surface area contributed by atoms with Crippen molar-refractivity contribution in [1.29, 1.82) is 0 Å². The van der Waals surface area contributed by atoms with Crippen LogP contribution in [0.25, 0.3) is 6.08 Å². The predicted molar refractivity (Wildman–Crippen MR) is 73.5 cm³/mol. The quantitative estimate of drug-likeness (QED) is 0.860. The number of hydrogen-bond acceptors (Lipinski definition) is 4. The molecule has 0 N–H and O–H groups in total. The van der Waals surface area contributed by atoms with Gasteiger partial charge in [0, 0.05) is 17.8 Å². The molecule has 0 aliphatic heterocycles. The molecule has 1 aromatic heterocycles. The molecule has 0 atom stereocenters. The van der Waals surface area contributed by atoms with Crippen LogP contribution in [0.15, 0.2) is 59.1 Å². The van der Waals surface area contributed by atoms with Gasteiger partial charge < -0.3 is 4.74 Å². The minimum absolute atomic E-state index is 0.201. The van der Waals surface area contributed by atoms with Crippen molar-refractivity contribution in [3.63, 3.8) is 0 Å². The van der Waals surface area contributed by atoms with Crippen molar-refractivity contribution < 1.29 is 13.2 Å². The Morgan fingerprint density at radius 1 is 1.21 bits per heavy atom. The van der Waals surface area contributed by atoms with Crippen LogP contribution in [0.3, 0.4) is 0 Å². The average molecular weight is 275 g/mol. The van der Waals surface area contributed by atoms with E-state index in [1.54, 1.807) is 36.7 Å². The first kappa shape index (κ1) is 13.3. The monoisotopic (exact) mass is 275 g/mol. The van der Waals surface area contributed by atoms with Gasteiger partial charge in [0.05, 0.1) is 12.0 Å². The second-order valence-electron chi connectivity index (χ2n) is 3.81. The zero-order valence-corrected chi connectivity index (χ0v) is 11.2. The standard InChI is InChI=1S/C14H13NO3S/c1-18-13-5-2-6-14(10-13)19(16,17)9-7-12-4-3-8-15-11-12/h2-11H,1H3/b9-7+. The fourth-order valence-corrected chi connectivity index (χ4v) is 2.54. The van der Waals surface area contributed by atoms with E-state index in [1.165, 1.54) is 30.7 Å². The lowest BCUT2D eigenvalue weighted by Gasteiger charge is -2.02. The van der Waals surface area contributed by atoms with Crippen molar-refractivity contribution in [3.05, 3.63) is 59.8 Å². The summed E-state index contributed by atoms with van der Waals surface area (Å²) in [7, 11) is -1.98. The molecule has 0 saturated heterocycles. The van der Waals surface area contributed by atoms with Crippen LogP contribution in [-0.4, -0.2) is 20.5 Å². The summed E-state index contributed by atoms with van der Waals surface area (Å²) in [5.74, 6) is 0.510. The molecule has 0 bridgehead atoms. The Hall–Kier alpha value is -2.14. The molecular weight excluding hydrogens is 262 g/mol. The van der Waals surface area contributed by atoms with Gasteiger partial charge in [0.2, 0.25) is 0 Å². The summed E-state index contributed by atoms with van der Waals surface area (Å²) in [4.78, 5) is 4.12. The van der Waals surface area contributed by atoms with Crippen LogP contribution in [0, 0.1) is 0 Å². The Bertz CT molecular complexity index is 679. The highest BCUT2D eigenvalue weighted by Crippen LogP contribution is 2.19. The van der Waals surface area contributed by atoms with E-state index in [-0.39, 0.29) is 4.90 Å². The van der Waals surface area contributed by atoms with Crippen molar-refractivity contribution in [1.82, 2.24) is 4.98 Å². The Labute approximate surface area is 112 Å². The van der Waals surface area contributed by atoms with Crippen LogP contribution >= 0.6 is 0 Å². The maximum atomic E-state index is 12.1. The topological polar surface area (TPSA) is 56.3 Å². The first-order chi connectivity index (χ1) is 9.12. The number of methoxy groups -OCH3 is 1. The lowest BCUT2D eigenvalue weighted by molar-refractivity contribution is 0.413. The van der Waals surface area contributed by atoms with Crippen molar-refractivity contribution in [2.24, 2.45) is 0 Å². The van der Waals surface area contributed by atoms with E-state index in [9.17, 15) is 8.42 Å². The lowest BCUT2D eigenvalue weighted by atomic mass is 10.3. The highest BCUT2D eigenvalue weighted by Gasteiger charge is 2.10. The average Bonchev–Trinajstić information content (AvgIpc) is 2.46. The zero-order chi connectivity index (χ0) is 13.7. The van der Waals surface area contributed by atoms with Gasteiger partial charge in [-0.1, -0.05) is 12.1 Å². The number of benzene rings is 1. The van der Waals surface area contributed by atoms with Gasteiger partial charge in [0.15, 0.2) is 9.84 Å². The Balaban J connectivity index is 2.30. The fraction of sp³-hybridized carbons (Fsp3) is 0.0714. The Kier molecular flexibility index (Phi) is 3.97. The predicted octanol–water partition coefficient (Wildman–Crippen LogP) is 2.53. The lowest BCUT2D eigenvalue weighted by Crippen LogP contribution is -1.96. The highest BCUT2D eigenvalue weighted by molar-refractivity contribution is 7.94. The molecule has 0 fully saturated rings. The van der Waals surface area contributed by atoms with Gasteiger partial charge >= 0.3 is 0 Å². The summed E-state index contributed by atoms with van der Waals surface area (Å²) in [5.41, 5.74) is 0.731. The van der Waals surface area contributed by atoms with Crippen LogP contribution in [0.1, 0.15) is 5.56 Å². The molecule has 1 aromatic carbocycles. The van der Waals surface area contributed by atoms with E-state index < -0.39 is 9.84 Å². The minimum atomic E-state index is -3.48. The van der Waals surface area contributed by atoms with E-state index in [1.807, 2.05) is 0 Å². The molecule has 5 heteroatoms. The second kappa shape index (κ2) is 5.67. The summed E-state index contributed by atoms with van der Waals surface area (Å²) >= 11 is 0. The van der Waals surface area contributed by atoms with Crippen LogP contribution in [0.4, 0.5) is 0 Å². The summed E-state index contributed by atoms with van der Waals surface area (Å²) in [6.07, 6.45) is 4.74. The van der Waals surface area contributed by atoms with Gasteiger partial charge in [-0.15, -0.1) is 0 Å². The molecule has 2 aromatic rings. The molecule has 1 heterocycles. The van der Waals surface area contributed by atoms with Crippen LogP contribution < -0.4 is 4.74 Å². The highest BCUT2D eigenvalue weighted by atomic mass is 32.2. The minimum Gasteiger partial charge on any atom is -0.497 e. The first-order valence-electron chi connectivity index (χ1n) is 5.59. The smallest absolute Gasteiger partial charge is 0.199 e. The number of pyridine rings is 1. The van der Waals surface area contributed by atoms with E-state index >= 15 is 0 Å². The number of sulfone groups is 1. The summed E-state index contributed by atoms with van der Waals surface area (Å²) < 4.78 is 29.2. The molecule has 0 spiro atoms. The molecule has 4 nitrogen and oxygen atoms in total. The normalized spacial score (nSPS) is 11.6. The van der Waals surface area contributed by atoms with Crippen molar-refractivity contribution >= 4 is 15.9 Å². The van der Waals surface area contributed by atoms with Crippen LogP contribution in [0.2, 0.25) is 0 Å². The molecule has 2 rings (SSSR count). The van der Waals surface area contributed by atoms with E-state index in [0.29, 0.717) is 5.75 Å². The van der Waals surface area contributed by atoms with Crippen molar-refractivity contribution in [2.75, 3.05) is 7.11 Å². The zero-order valence-electron chi connectivity index (χ0n) is 10.4. The molecule has 98 valence electrons. The second-order valence-corrected chi connectivity index (χ2v) is 5.65. The SMILES string of the molecule is COc1cccc(S(=O)(=O)/C=C/c2cccnc2)c1. The van der Waals surface area contributed by atoms with Crippen molar-refractivity contribution in [3.8, 4) is 5.75 Å². The molecule has 0 radical (unpaired) electrons. The maximum absolute atomic E-state index is 12.1. The van der Waals surface area contributed by atoms with Crippen LogP contribution in [-0.2, 0) is 9.84 Å². The third kappa shape index (κ3) is 3.42. The third-order valence-corrected chi connectivity index (χ3v) is 3.90. The number of nitrogens with zero attached hydrogens (tertiary/aromatic N) is 1. The van der Waals surface area contributed by atoms with Crippen molar-refractivity contribution in [2.45, 2.75) is 4.90 Å². The molecular formula is C14H13NO3S. The summed E-state index contributed by atoms with van der Waals surface area (Å²) in [5, 5.41) is 1.17. The molecule has 0 saturated carbocycles. The Morgan fingerprint density at radius 3 is 2.74 bits per heavy atom. The molecule has 0 amide bonds. The van der Waals surface area contributed by atoms with E-state index in [2.05, 4.69) is 4.98 Å². The van der Waals surface area contributed by atoms with E-state index in [4.69, 9.17) is 4.74 Å². The van der Waals surface area contributed by atoms with Gasteiger partial charge in [-0.25, -0.2) is 8.42 Å². The number of aromatic nitrogens is 1. The summed E-state index contributed by atoms with van der Waals surface area (Å²) in [6.45, 7) is 0. The van der Waals surface area contributed by atoms with Gasteiger partial charge in [-0.2, -0.15) is 0 Å². The fourth-order valence-electron chi connectivity index (χ4n) is 1.50. The summed E-state index contributed by atoms with van der Waals surface area (Å²) in [6, 6.07) is 9.89.